The van der Waals surface area contributed by atoms with Crippen LogP contribution >= 0.6 is 0 Å². The van der Waals surface area contributed by atoms with Crippen LogP contribution in [0.3, 0.4) is 0 Å². The molecule has 1 aromatic carbocycles. The molecule has 160 valence electrons. The highest BCUT2D eigenvalue weighted by molar-refractivity contribution is 5.86. The van der Waals surface area contributed by atoms with Gasteiger partial charge < -0.3 is 20.3 Å². The Morgan fingerprint density at radius 1 is 1.14 bits per heavy atom. The summed E-state index contributed by atoms with van der Waals surface area (Å²) in [4.78, 5) is 20.7. The Balaban J connectivity index is 1.53. The van der Waals surface area contributed by atoms with Gasteiger partial charge in [0.2, 0.25) is 5.91 Å². The van der Waals surface area contributed by atoms with Crippen LogP contribution in [0.1, 0.15) is 36.8 Å². The van der Waals surface area contributed by atoms with Crippen LogP contribution in [0.5, 0.6) is 0 Å². The lowest BCUT2D eigenvalue weighted by Gasteiger charge is -2.17. The van der Waals surface area contributed by atoms with Crippen LogP contribution in [0, 0.1) is 0 Å². The molecule has 0 aromatic heterocycles. The zero-order chi connectivity index (χ0) is 20.5. The molecule has 7 heteroatoms. The first-order chi connectivity index (χ1) is 14.1. The number of guanidine groups is 1. The fourth-order valence-electron chi connectivity index (χ4n) is 3.63. The molecule has 0 spiro atoms. The van der Waals surface area contributed by atoms with Crippen LogP contribution in [0.4, 0.5) is 0 Å². The quantitative estimate of drug-likeness (QED) is 0.511. The van der Waals surface area contributed by atoms with Crippen molar-refractivity contribution in [2.24, 2.45) is 4.99 Å². The molecule has 1 atom stereocenters. The number of carbonyl (C=O) groups is 1. The van der Waals surface area contributed by atoms with E-state index in [0.29, 0.717) is 19.0 Å². The van der Waals surface area contributed by atoms with Crippen LogP contribution in [0.15, 0.2) is 29.3 Å². The van der Waals surface area contributed by atoms with Crippen LogP contribution in [0.2, 0.25) is 0 Å². The third-order valence-electron chi connectivity index (χ3n) is 5.47. The van der Waals surface area contributed by atoms with E-state index >= 15 is 0 Å². The lowest BCUT2D eigenvalue weighted by molar-refractivity contribution is -0.127. The molecule has 1 aromatic rings. The highest BCUT2D eigenvalue weighted by Gasteiger charge is 2.16. The van der Waals surface area contributed by atoms with E-state index in [2.05, 4.69) is 44.8 Å². The van der Waals surface area contributed by atoms with Gasteiger partial charge >= 0.3 is 0 Å². The molecule has 1 amide bonds. The number of nitrogens with zero attached hydrogens (tertiary/aromatic N) is 3. The number of amides is 1. The molecule has 0 radical (unpaired) electrons. The van der Waals surface area contributed by atoms with Crippen LogP contribution < -0.4 is 10.6 Å². The monoisotopic (exact) mass is 401 g/mol. The summed E-state index contributed by atoms with van der Waals surface area (Å²) in [7, 11) is 3.51. The topological polar surface area (TPSA) is 69.2 Å². The van der Waals surface area contributed by atoms with E-state index in [1.54, 1.807) is 19.0 Å². The minimum Gasteiger partial charge on any atom is -0.376 e. The summed E-state index contributed by atoms with van der Waals surface area (Å²) in [5.74, 6) is 0.666. The predicted molar refractivity (Wildman–Crippen MR) is 116 cm³/mol. The first-order valence-corrected chi connectivity index (χ1v) is 10.7. The first-order valence-electron chi connectivity index (χ1n) is 10.7. The van der Waals surface area contributed by atoms with Gasteiger partial charge in [-0.3, -0.25) is 9.69 Å². The number of ether oxygens (including phenoxy) is 1. The van der Waals surface area contributed by atoms with Crippen molar-refractivity contribution in [1.82, 2.24) is 20.4 Å². The summed E-state index contributed by atoms with van der Waals surface area (Å²) in [5, 5.41) is 6.46. The standard InChI is InChI=1S/C22H35N5O2/c1-26(2)21(28)16-25-22(24-15-20-6-5-13-29-20)23-14-18-7-9-19(10-8-18)17-27-11-3-4-12-27/h7-10,20H,3-6,11-17H2,1-2H3,(H2,23,24,25). The second-order valence-electron chi connectivity index (χ2n) is 8.12. The van der Waals surface area contributed by atoms with Gasteiger partial charge in [0.25, 0.3) is 0 Å². The Morgan fingerprint density at radius 2 is 1.86 bits per heavy atom. The summed E-state index contributed by atoms with van der Waals surface area (Å²) in [6.45, 7) is 5.78. The van der Waals surface area contributed by atoms with E-state index in [9.17, 15) is 4.79 Å². The Hall–Kier alpha value is -2.12. The molecule has 29 heavy (non-hydrogen) atoms. The number of aliphatic imine (C=N–C) groups is 1. The lowest BCUT2D eigenvalue weighted by atomic mass is 10.1. The fourth-order valence-corrected chi connectivity index (χ4v) is 3.63. The normalized spacial score (nSPS) is 20.1. The Bertz CT molecular complexity index is 662. The van der Waals surface area contributed by atoms with Crippen molar-refractivity contribution in [3.63, 3.8) is 0 Å². The van der Waals surface area contributed by atoms with Crippen LogP contribution in [-0.2, 0) is 22.6 Å². The number of benzene rings is 1. The molecule has 2 aliphatic rings. The molecule has 1 unspecified atom stereocenters. The molecule has 0 bridgehead atoms. The highest BCUT2D eigenvalue weighted by Crippen LogP contribution is 2.14. The maximum atomic E-state index is 11.9. The number of nitrogens with one attached hydrogen (secondary N) is 2. The second kappa shape index (κ2) is 11.2. The summed E-state index contributed by atoms with van der Waals surface area (Å²) < 4.78 is 5.67. The van der Waals surface area contributed by atoms with Gasteiger partial charge in [-0.15, -0.1) is 0 Å². The van der Waals surface area contributed by atoms with E-state index < -0.39 is 0 Å². The minimum absolute atomic E-state index is 0.0166. The number of carbonyl (C=O) groups excluding carboxylic acids is 1. The van der Waals surface area contributed by atoms with Gasteiger partial charge in [-0.1, -0.05) is 24.3 Å². The van der Waals surface area contributed by atoms with E-state index in [1.807, 2.05) is 0 Å². The highest BCUT2D eigenvalue weighted by atomic mass is 16.5. The molecule has 2 aliphatic heterocycles. The van der Waals surface area contributed by atoms with Crippen molar-refractivity contribution in [2.45, 2.75) is 44.9 Å². The number of likely N-dealkylation sites (N-methyl/N-ethyl adjacent to an activating group) is 1. The summed E-state index contributed by atoms with van der Waals surface area (Å²) in [5.41, 5.74) is 2.51. The first kappa shape index (κ1) is 21.6. The van der Waals surface area contributed by atoms with Gasteiger partial charge in [0.05, 0.1) is 19.2 Å². The largest absolute Gasteiger partial charge is 0.376 e. The average Bonchev–Trinajstić information content (AvgIpc) is 3.42. The van der Waals surface area contributed by atoms with Crippen molar-refractivity contribution in [2.75, 3.05) is 46.9 Å². The van der Waals surface area contributed by atoms with Gasteiger partial charge in [-0.2, -0.15) is 0 Å². The van der Waals surface area contributed by atoms with E-state index in [-0.39, 0.29) is 18.6 Å². The van der Waals surface area contributed by atoms with Gasteiger partial charge in [-0.25, -0.2) is 4.99 Å². The Morgan fingerprint density at radius 3 is 2.52 bits per heavy atom. The maximum absolute atomic E-state index is 11.9. The zero-order valence-corrected chi connectivity index (χ0v) is 17.8. The molecule has 0 aliphatic carbocycles. The van der Waals surface area contributed by atoms with Crippen LogP contribution in [-0.4, -0.2) is 74.7 Å². The summed E-state index contributed by atoms with van der Waals surface area (Å²) >= 11 is 0. The van der Waals surface area contributed by atoms with E-state index in [4.69, 9.17) is 4.74 Å². The molecule has 2 saturated heterocycles. The number of hydrogen-bond acceptors (Lipinski definition) is 4. The van der Waals surface area contributed by atoms with Crippen molar-refractivity contribution in [1.29, 1.82) is 0 Å². The molecule has 0 saturated carbocycles. The van der Waals surface area contributed by atoms with Crippen LogP contribution in [0.25, 0.3) is 0 Å². The SMILES string of the molecule is CN(C)C(=O)CNC(=NCc1ccc(CN2CCCC2)cc1)NCC1CCCO1. The van der Waals surface area contributed by atoms with Crippen molar-refractivity contribution >= 4 is 11.9 Å². The van der Waals surface area contributed by atoms with Gasteiger partial charge in [-0.05, 0) is 49.9 Å². The zero-order valence-electron chi connectivity index (χ0n) is 17.8. The summed E-state index contributed by atoms with van der Waals surface area (Å²) in [6.07, 6.45) is 5.02. The van der Waals surface area contributed by atoms with E-state index in [1.165, 1.54) is 31.5 Å². The predicted octanol–water partition coefficient (Wildman–Crippen LogP) is 1.58. The molecule has 2 fully saturated rings. The minimum atomic E-state index is 0.0166. The number of likely N-dealkylation sites (tertiary alicyclic amines) is 1. The Kier molecular flexibility index (Phi) is 8.31. The third-order valence-corrected chi connectivity index (χ3v) is 5.47. The second-order valence-corrected chi connectivity index (χ2v) is 8.12. The molecular weight excluding hydrogens is 366 g/mol. The fraction of sp³-hybridized carbons (Fsp3) is 0.636. The summed E-state index contributed by atoms with van der Waals surface area (Å²) in [6, 6.07) is 8.70. The molecular formula is C22H35N5O2. The average molecular weight is 402 g/mol. The van der Waals surface area contributed by atoms with Gasteiger partial charge in [0, 0.05) is 33.8 Å². The molecule has 2 heterocycles. The maximum Gasteiger partial charge on any atom is 0.241 e. The van der Waals surface area contributed by atoms with Gasteiger partial charge in [0.15, 0.2) is 5.96 Å². The smallest absolute Gasteiger partial charge is 0.241 e. The van der Waals surface area contributed by atoms with Crippen molar-refractivity contribution in [3.05, 3.63) is 35.4 Å². The number of rotatable bonds is 8. The molecule has 2 N–H and O–H groups in total. The molecule has 7 nitrogen and oxygen atoms in total. The molecule has 3 rings (SSSR count). The van der Waals surface area contributed by atoms with Crippen molar-refractivity contribution in [3.8, 4) is 0 Å². The van der Waals surface area contributed by atoms with E-state index in [0.717, 1.165) is 31.6 Å². The van der Waals surface area contributed by atoms with Gasteiger partial charge in [0.1, 0.15) is 0 Å². The Labute approximate surface area is 174 Å². The lowest BCUT2D eigenvalue weighted by Crippen LogP contribution is -2.45. The third kappa shape index (κ3) is 7.33. The van der Waals surface area contributed by atoms with Crippen molar-refractivity contribution < 1.29 is 9.53 Å². The number of hydrogen-bond donors (Lipinski definition) is 2.